The van der Waals surface area contributed by atoms with Crippen molar-refractivity contribution in [2.45, 2.75) is 39.5 Å². The first-order valence-electron chi connectivity index (χ1n) is 11.3. The number of fused-ring (bicyclic) bond motifs is 1. The minimum absolute atomic E-state index is 0.342. The first kappa shape index (κ1) is 20.8. The van der Waals surface area contributed by atoms with Gasteiger partial charge >= 0.3 is 0 Å². The molecule has 5 heterocycles. The van der Waals surface area contributed by atoms with E-state index in [4.69, 9.17) is 0 Å². The Labute approximate surface area is 184 Å². The number of rotatable bonds is 4. The van der Waals surface area contributed by atoms with Crippen LogP contribution in [0.15, 0.2) is 18.5 Å². The van der Waals surface area contributed by atoms with Gasteiger partial charge in [-0.05, 0) is 44.6 Å². The number of aromatic nitrogens is 4. The van der Waals surface area contributed by atoms with Crippen LogP contribution >= 0.6 is 0 Å². The zero-order valence-corrected chi connectivity index (χ0v) is 19.1. The van der Waals surface area contributed by atoms with Crippen LogP contribution in [0.5, 0.6) is 0 Å². The molecule has 2 aromatic heterocycles. The Bertz CT molecular complexity index is 1030. The molecule has 3 fully saturated rings. The molecule has 0 amide bonds. The number of aryl methyl sites for hydroxylation is 2. The molecule has 0 radical (unpaired) electrons. The summed E-state index contributed by atoms with van der Waals surface area (Å²) >= 11 is 0. The van der Waals surface area contributed by atoms with E-state index in [1.807, 2.05) is 30.7 Å². The van der Waals surface area contributed by atoms with Crippen molar-refractivity contribution in [2.24, 2.45) is 11.8 Å². The van der Waals surface area contributed by atoms with Crippen molar-refractivity contribution in [1.82, 2.24) is 28.4 Å². The summed E-state index contributed by atoms with van der Waals surface area (Å²) in [5.41, 5.74) is 1.99. The number of anilines is 1. The van der Waals surface area contributed by atoms with Gasteiger partial charge in [-0.1, -0.05) is 12.8 Å². The number of hydrogen-bond acceptors (Lipinski definition) is 6. The van der Waals surface area contributed by atoms with Gasteiger partial charge in [0.15, 0.2) is 5.82 Å². The Morgan fingerprint density at radius 2 is 1.48 bits per heavy atom. The maximum Gasteiger partial charge on any atom is 0.281 e. The second-order valence-corrected chi connectivity index (χ2v) is 11.1. The van der Waals surface area contributed by atoms with Gasteiger partial charge in [-0.3, -0.25) is 0 Å². The lowest BCUT2D eigenvalue weighted by Gasteiger charge is -2.27. The molecule has 3 aliphatic heterocycles. The molecule has 168 valence electrons. The molecular formula is C21H31N7O2S. The molecule has 9 nitrogen and oxygen atoms in total. The van der Waals surface area contributed by atoms with E-state index >= 15 is 0 Å². The van der Waals surface area contributed by atoms with Gasteiger partial charge in [-0.15, -0.1) is 0 Å². The molecule has 0 N–H and O–H groups in total. The Morgan fingerprint density at radius 3 is 2.10 bits per heavy atom. The van der Waals surface area contributed by atoms with Crippen LogP contribution in [0, 0.1) is 25.7 Å². The molecule has 10 heteroatoms. The largest absolute Gasteiger partial charge is 0.356 e. The normalized spacial score (nSPS) is 25.7. The molecule has 0 aromatic carbocycles. The average Bonchev–Trinajstić information content (AvgIpc) is 3.34. The fourth-order valence-electron chi connectivity index (χ4n) is 5.25. The van der Waals surface area contributed by atoms with Gasteiger partial charge in [-0.2, -0.15) is 22.1 Å². The topological polar surface area (TPSA) is 87.5 Å². The van der Waals surface area contributed by atoms with Crippen LogP contribution in [-0.4, -0.2) is 76.0 Å². The molecule has 0 spiro atoms. The first-order valence-corrected chi connectivity index (χ1v) is 12.7. The third-order valence-electron chi connectivity index (χ3n) is 6.86. The van der Waals surface area contributed by atoms with E-state index in [-0.39, 0.29) is 0 Å². The third-order valence-corrected chi connectivity index (χ3v) is 8.83. The van der Waals surface area contributed by atoms with Crippen LogP contribution < -0.4 is 4.90 Å². The average molecular weight is 446 g/mol. The minimum atomic E-state index is -3.34. The monoisotopic (exact) mass is 445 g/mol. The SMILES string of the molecule is Cc1cc(C)n(-c2cc(N3CC4CN(S(=O)(=O)N5CCCCCC5)CC4C3)ncn2)n1. The van der Waals surface area contributed by atoms with Gasteiger partial charge in [0.2, 0.25) is 0 Å². The summed E-state index contributed by atoms with van der Waals surface area (Å²) in [5.74, 6) is 2.33. The Balaban J connectivity index is 1.27. The Kier molecular flexibility index (Phi) is 5.47. The highest BCUT2D eigenvalue weighted by atomic mass is 32.2. The van der Waals surface area contributed by atoms with Crippen molar-refractivity contribution in [1.29, 1.82) is 0 Å². The maximum atomic E-state index is 13.2. The summed E-state index contributed by atoms with van der Waals surface area (Å²) in [6.45, 7) is 8.17. The standard InChI is InChI=1S/C21H31N7O2S/c1-16-9-17(2)28(24-16)21-10-20(22-15-23-21)25-11-18-13-27(14-19(18)12-25)31(29,30)26-7-5-3-4-6-8-26/h9-10,15,18-19H,3-8,11-14H2,1-2H3. The quantitative estimate of drug-likeness (QED) is 0.713. The molecule has 3 aliphatic rings. The zero-order chi connectivity index (χ0) is 21.6. The summed E-state index contributed by atoms with van der Waals surface area (Å²) in [6, 6.07) is 4.01. The van der Waals surface area contributed by atoms with Crippen LogP contribution in [0.4, 0.5) is 5.82 Å². The highest BCUT2D eigenvalue weighted by molar-refractivity contribution is 7.86. The van der Waals surface area contributed by atoms with E-state index in [1.165, 1.54) is 0 Å². The lowest BCUT2D eigenvalue weighted by Crippen LogP contribution is -2.44. The van der Waals surface area contributed by atoms with Crippen LogP contribution in [0.2, 0.25) is 0 Å². The van der Waals surface area contributed by atoms with Gasteiger partial charge in [0.1, 0.15) is 12.1 Å². The first-order chi connectivity index (χ1) is 14.9. The molecule has 2 aromatic rings. The second kappa shape index (κ2) is 8.14. The van der Waals surface area contributed by atoms with Gasteiger partial charge in [-0.25, -0.2) is 14.6 Å². The van der Waals surface area contributed by atoms with E-state index in [9.17, 15) is 8.42 Å². The van der Waals surface area contributed by atoms with Crippen LogP contribution in [0.3, 0.4) is 0 Å². The van der Waals surface area contributed by atoms with E-state index in [2.05, 4.69) is 20.0 Å². The lowest BCUT2D eigenvalue weighted by molar-refractivity contribution is 0.359. The smallest absolute Gasteiger partial charge is 0.281 e. The summed E-state index contributed by atoms with van der Waals surface area (Å²) in [5, 5.41) is 4.52. The van der Waals surface area contributed by atoms with Crippen LogP contribution in [0.1, 0.15) is 37.1 Å². The van der Waals surface area contributed by atoms with Crippen molar-refractivity contribution >= 4 is 16.0 Å². The lowest BCUT2D eigenvalue weighted by atomic mass is 10.0. The van der Waals surface area contributed by atoms with Crippen molar-refractivity contribution in [3.8, 4) is 5.82 Å². The zero-order valence-electron chi connectivity index (χ0n) is 18.3. The Hall–Kier alpha value is -2.04. The summed E-state index contributed by atoms with van der Waals surface area (Å²) in [7, 11) is -3.34. The molecule has 3 saturated heterocycles. The summed E-state index contributed by atoms with van der Waals surface area (Å²) in [6.07, 6.45) is 5.79. The van der Waals surface area contributed by atoms with Gasteiger partial charge in [0, 0.05) is 51.0 Å². The van der Waals surface area contributed by atoms with Crippen molar-refractivity contribution < 1.29 is 8.42 Å². The molecule has 0 saturated carbocycles. The molecule has 31 heavy (non-hydrogen) atoms. The van der Waals surface area contributed by atoms with Crippen LogP contribution in [-0.2, 0) is 10.2 Å². The molecule has 5 rings (SSSR count). The summed E-state index contributed by atoms with van der Waals surface area (Å²) < 4.78 is 31.6. The van der Waals surface area contributed by atoms with E-state index < -0.39 is 10.2 Å². The highest BCUT2D eigenvalue weighted by Crippen LogP contribution is 2.35. The predicted octanol–water partition coefficient (Wildman–Crippen LogP) is 1.77. The van der Waals surface area contributed by atoms with Crippen molar-refractivity contribution in [2.75, 3.05) is 44.2 Å². The van der Waals surface area contributed by atoms with Crippen LogP contribution in [0.25, 0.3) is 5.82 Å². The summed E-state index contributed by atoms with van der Waals surface area (Å²) in [4.78, 5) is 11.2. The number of nitrogens with zero attached hydrogens (tertiary/aromatic N) is 7. The van der Waals surface area contributed by atoms with E-state index in [0.717, 1.165) is 61.8 Å². The molecule has 0 bridgehead atoms. The van der Waals surface area contributed by atoms with Gasteiger partial charge in [0.25, 0.3) is 10.2 Å². The fourth-order valence-corrected chi connectivity index (χ4v) is 7.05. The van der Waals surface area contributed by atoms with E-state index in [0.29, 0.717) is 38.0 Å². The van der Waals surface area contributed by atoms with Gasteiger partial charge < -0.3 is 4.90 Å². The number of hydrogen-bond donors (Lipinski definition) is 0. The minimum Gasteiger partial charge on any atom is -0.356 e. The van der Waals surface area contributed by atoms with Crippen molar-refractivity contribution in [3.63, 3.8) is 0 Å². The second-order valence-electron chi connectivity index (χ2n) is 9.14. The van der Waals surface area contributed by atoms with Crippen molar-refractivity contribution in [3.05, 3.63) is 29.8 Å². The fraction of sp³-hybridized carbons (Fsp3) is 0.667. The predicted molar refractivity (Wildman–Crippen MR) is 118 cm³/mol. The Morgan fingerprint density at radius 1 is 0.839 bits per heavy atom. The molecular weight excluding hydrogens is 414 g/mol. The highest BCUT2D eigenvalue weighted by Gasteiger charge is 2.45. The maximum absolute atomic E-state index is 13.2. The third kappa shape index (κ3) is 3.96. The molecule has 0 aliphatic carbocycles. The molecule has 2 unspecified atom stereocenters. The molecule has 2 atom stereocenters. The van der Waals surface area contributed by atoms with E-state index in [1.54, 1.807) is 14.9 Å². The van der Waals surface area contributed by atoms with Gasteiger partial charge in [0.05, 0.1) is 5.69 Å².